The fourth-order valence-electron chi connectivity index (χ4n) is 3.25. The van der Waals surface area contributed by atoms with Gasteiger partial charge >= 0.3 is 0 Å². The second-order valence-corrected chi connectivity index (χ2v) is 6.27. The molecule has 1 aliphatic carbocycles. The highest BCUT2D eigenvalue weighted by Gasteiger charge is 2.36. The van der Waals surface area contributed by atoms with Crippen molar-refractivity contribution in [2.24, 2.45) is 11.8 Å². The number of hydrogen-bond acceptors (Lipinski definition) is 4. The molecule has 1 saturated heterocycles. The summed E-state index contributed by atoms with van der Waals surface area (Å²) in [5.74, 6) is -0.667. The number of rotatable bonds is 3. The van der Waals surface area contributed by atoms with Crippen LogP contribution in [-0.4, -0.2) is 48.0 Å². The lowest BCUT2D eigenvalue weighted by Gasteiger charge is -2.34. The third kappa shape index (κ3) is 3.82. The van der Waals surface area contributed by atoms with Crippen molar-refractivity contribution in [3.05, 3.63) is 36.2 Å². The molecule has 1 fully saturated rings. The minimum atomic E-state index is -0.334. The summed E-state index contributed by atoms with van der Waals surface area (Å²) in [5.41, 5.74) is 1.57. The van der Waals surface area contributed by atoms with Gasteiger partial charge in [-0.15, -0.1) is 0 Å². The molecule has 0 bridgehead atoms. The minimum Gasteiger partial charge on any atom is -0.378 e. The first-order valence-electron chi connectivity index (χ1n) is 8.40. The number of aryl methyl sites for hydroxylation is 1. The highest BCUT2D eigenvalue weighted by Crippen LogP contribution is 2.29. The van der Waals surface area contributed by atoms with Crippen molar-refractivity contribution in [3.8, 4) is 0 Å². The number of carbonyl (C=O) groups is 2. The summed E-state index contributed by atoms with van der Waals surface area (Å²) in [5, 5.41) is 2.93. The van der Waals surface area contributed by atoms with Crippen molar-refractivity contribution in [3.63, 3.8) is 0 Å². The summed E-state index contributed by atoms with van der Waals surface area (Å²) < 4.78 is 5.31. The summed E-state index contributed by atoms with van der Waals surface area (Å²) >= 11 is 0. The maximum absolute atomic E-state index is 12.8. The predicted molar refractivity (Wildman–Crippen MR) is 90.4 cm³/mol. The van der Waals surface area contributed by atoms with Gasteiger partial charge in [0.2, 0.25) is 11.8 Å². The van der Waals surface area contributed by atoms with Gasteiger partial charge in [0, 0.05) is 30.7 Å². The SMILES string of the molecule is Cc1cc(NC(=O)[C@H]2CC=CC[C@H]2C(=O)N2CCOCC2)ccn1. The van der Waals surface area contributed by atoms with Gasteiger partial charge < -0.3 is 15.0 Å². The van der Waals surface area contributed by atoms with Crippen LogP contribution in [0.25, 0.3) is 0 Å². The summed E-state index contributed by atoms with van der Waals surface area (Å²) in [7, 11) is 0. The van der Waals surface area contributed by atoms with Crippen LogP contribution < -0.4 is 5.32 Å². The molecule has 1 aromatic rings. The number of hydrogen-bond donors (Lipinski definition) is 1. The molecule has 1 aliphatic heterocycles. The van der Waals surface area contributed by atoms with E-state index >= 15 is 0 Å². The van der Waals surface area contributed by atoms with Gasteiger partial charge in [-0.1, -0.05) is 12.2 Å². The maximum Gasteiger partial charge on any atom is 0.228 e. The molecule has 2 amide bonds. The summed E-state index contributed by atoms with van der Waals surface area (Å²) in [6.45, 7) is 4.24. The van der Waals surface area contributed by atoms with E-state index in [2.05, 4.69) is 10.3 Å². The van der Waals surface area contributed by atoms with E-state index in [1.165, 1.54) is 0 Å². The molecular formula is C18H23N3O3. The van der Waals surface area contributed by atoms with Crippen LogP contribution in [0.3, 0.4) is 0 Å². The van der Waals surface area contributed by atoms with Gasteiger partial charge in [-0.3, -0.25) is 14.6 Å². The molecule has 0 spiro atoms. The number of pyridine rings is 1. The number of aromatic nitrogens is 1. The number of allylic oxidation sites excluding steroid dienone is 2. The summed E-state index contributed by atoms with van der Waals surface area (Å²) in [6.07, 6.45) is 6.87. The van der Waals surface area contributed by atoms with Gasteiger partial charge in [0.05, 0.1) is 25.0 Å². The zero-order valence-electron chi connectivity index (χ0n) is 13.9. The zero-order chi connectivity index (χ0) is 16.9. The number of anilines is 1. The van der Waals surface area contributed by atoms with Crippen LogP contribution in [0, 0.1) is 18.8 Å². The van der Waals surface area contributed by atoms with Crippen molar-refractivity contribution < 1.29 is 14.3 Å². The smallest absolute Gasteiger partial charge is 0.228 e. The monoisotopic (exact) mass is 329 g/mol. The third-order valence-electron chi connectivity index (χ3n) is 4.57. The first kappa shape index (κ1) is 16.6. The van der Waals surface area contributed by atoms with Crippen LogP contribution in [0.5, 0.6) is 0 Å². The molecule has 2 atom stereocenters. The second kappa shape index (κ2) is 7.57. The van der Waals surface area contributed by atoms with Crippen molar-refractivity contribution in [2.45, 2.75) is 19.8 Å². The Morgan fingerprint density at radius 1 is 1.21 bits per heavy atom. The molecule has 1 aromatic heterocycles. The van der Waals surface area contributed by atoms with Crippen molar-refractivity contribution >= 4 is 17.5 Å². The van der Waals surface area contributed by atoms with Crippen LogP contribution in [0.1, 0.15) is 18.5 Å². The molecule has 6 heteroatoms. The average molecular weight is 329 g/mol. The first-order chi connectivity index (χ1) is 11.6. The summed E-state index contributed by atoms with van der Waals surface area (Å²) in [6, 6.07) is 3.59. The quantitative estimate of drug-likeness (QED) is 0.858. The van der Waals surface area contributed by atoms with Crippen LogP contribution in [0.2, 0.25) is 0 Å². The lowest BCUT2D eigenvalue weighted by Crippen LogP contribution is -2.47. The van der Waals surface area contributed by atoms with Crippen molar-refractivity contribution in [1.29, 1.82) is 0 Å². The largest absolute Gasteiger partial charge is 0.378 e. The number of nitrogens with zero attached hydrogens (tertiary/aromatic N) is 2. The van der Waals surface area contributed by atoms with E-state index in [1.807, 2.05) is 30.0 Å². The van der Waals surface area contributed by atoms with E-state index in [-0.39, 0.29) is 23.7 Å². The first-order valence-corrected chi connectivity index (χ1v) is 8.40. The van der Waals surface area contributed by atoms with E-state index in [0.717, 1.165) is 11.4 Å². The normalized spacial score (nSPS) is 23.8. The fourth-order valence-corrected chi connectivity index (χ4v) is 3.25. The van der Waals surface area contributed by atoms with Crippen molar-refractivity contribution in [2.75, 3.05) is 31.6 Å². The average Bonchev–Trinajstić information content (AvgIpc) is 2.62. The zero-order valence-corrected chi connectivity index (χ0v) is 13.9. The van der Waals surface area contributed by atoms with Gasteiger partial charge in [0.15, 0.2) is 0 Å². The lowest BCUT2D eigenvalue weighted by molar-refractivity contribution is -0.144. The highest BCUT2D eigenvalue weighted by molar-refractivity contribution is 5.96. The molecule has 1 N–H and O–H groups in total. The molecule has 128 valence electrons. The Morgan fingerprint density at radius 2 is 1.92 bits per heavy atom. The summed E-state index contributed by atoms with van der Waals surface area (Å²) in [4.78, 5) is 31.5. The van der Waals surface area contributed by atoms with E-state index in [9.17, 15) is 9.59 Å². The number of ether oxygens (including phenoxy) is 1. The van der Waals surface area contributed by atoms with E-state index in [4.69, 9.17) is 4.74 Å². The maximum atomic E-state index is 12.8. The number of nitrogens with one attached hydrogen (secondary N) is 1. The van der Waals surface area contributed by atoms with Crippen LogP contribution in [-0.2, 0) is 14.3 Å². The standard InChI is InChI=1S/C18H23N3O3/c1-13-12-14(6-7-19-13)20-17(22)15-4-2-3-5-16(15)18(23)21-8-10-24-11-9-21/h2-3,6-7,12,15-16H,4-5,8-11H2,1H3,(H,19,20,22)/t15-,16+/m0/s1. The molecule has 3 rings (SSSR count). The highest BCUT2D eigenvalue weighted by atomic mass is 16.5. The van der Waals surface area contributed by atoms with E-state index in [1.54, 1.807) is 12.3 Å². The Morgan fingerprint density at radius 3 is 2.62 bits per heavy atom. The van der Waals surface area contributed by atoms with Gasteiger partial charge in [-0.05, 0) is 31.9 Å². The third-order valence-corrected chi connectivity index (χ3v) is 4.57. The van der Waals surface area contributed by atoms with Gasteiger partial charge in [0.1, 0.15) is 0 Å². The van der Waals surface area contributed by atoms with Crippen LogP contribution in [0.15, 0.2) is 30.5 Å². The van der Waals surface area contributed by atoms with Gasteiger partial charge in [0.25, 0.3) is 0 Å². The topological polar surface area (TPSA) is 71.5 Å². The molecule has 0 radical (unpaired) electrons. The molecule has 6 nitrogen and oxygen atoms in total. The van der Waals surface area contributed by atoms with E-state index in [0.29, 0.717) is 39.1 Å². The number of amides is 2. The molecule has 2 aliphatic rings. The Kier molecular flexibility index (Phi) is 5.25. The molecule has 0 unspecified atom stereocenters. The van der Waals surface area contributed by atoms with Crippen LogP contribution >= 0.6 is 0 Å². The Hall–Kier alpha value is -2.21. The Balaban J connectivity index is 1.70. The molecule has 0 aromatic carbocycles. The van der Waals surface area contributed by atoms with Gasteiger partial charge in [-0.25, -0.2) is 0 Å². The minimum absolute atomic E-state index is 0.0636. The molecule has 0 saturated carbocycles. The second-order valence-electron chi connectivity index (χ2n) is 6.27. The van der Waals surface area contributed by atoms with Gasteiger partial charge in [-0.2, -0.15) is 0 Å². The molecule has 2 heterocycles. The fraction of sp³-hybridized carbons (Fsp3) is 0.500. The lowest BCUT2D eigenvalue weighted by atomic mass is 9.81. The number of carbonyl (C=O) groups excluding carboxylic acids is 2. The van der Waals surface area contributed by atoms with E-state index < -0.39 is 0 Å². The predicted octanol–water partition coefficient (Wildman–Crippen LogP) is 1.77. The van der Waals surface area contributed by atoms with Crippen molar-refractivity contribution in [1.82, 2.24) is 9.88 Å². The van der Waals surface area contributed by atoms with Crippen LogP contribution in [0.4, 0.5) is 5.69 Å². The molecule has 24 heavy (non-hydrogen) atoms. The molecular weight excluding hydrogens is 306 g/mol. The Labute approximate surface area is 141 Å². The Bertz CT molecular complexity index is 638. The number of morpholine rings is 1.